The summed E-state index contributed by atoms with van der Waals surface area (Å²) in [5.41, 5.74) is 11.1. The van der Waals surface area contributed by atoms with Crippen molar-refractivity contribution in [2.24, 2.45) is 16.6 Å². The molecular weight excluding hydrogens is 502 g/mol. The third-order valence-corrected chi connectivity index (χ3v) is 7.18. The first-order valence-corrected chi connectivity index (χ1v) is 12.8. The van der Waals surface area contributed by atoms with Crippen molar-refractivity contribution in [2.75, 3.05) is 13.1 Å². The Morgan fingerprint density at radius 1 is 1.23 bits per heavy atom. The second-order valence-corrected chi connectivity index (χ2v) is 9.40. The molecule has 204 valence electrons. The largest absolute Gasteiger partial charge is 0.382 e. The molecule has 3 atom stereocenters. The normalized spacial score (nSPS) is 19.7. The highest BCUT2D eigenvalue weighted by Crippen LogP contribution is 2.35. The fraction of sp³-hybridized carbons (Fsp3) is 0.310. The van der Waals surface area contributed by atoms with Gasteiger partial charge in [-0.05, 0) is 47.4 Å². The van der Waals surface area contributed by atoms with Gasteiger partial charge in [-0.1, -0.05) is 43.3 Å². The smallest absolute Gasteiger partial charge is 0.222 e. The van der Waals surface area contributed by atoms with Crippen molar-refractivity contribution in [3.05, 3.63) is 89.1 Å². The summed E-state index contributed by atoms with van der Waals surface area (Å²) < 4.78 is 26.7. The van der Waals surface area contributed by atoms with Gasteiger partial charge in [-0.3, -0.25) is 9.63 Å². The molecule has 3 aliphatic heterocycles. The quantitative estimate of drug-likeness (QED) is 0.256. The van der Waals surface area contributed by atoms with Gasteiger partial charge in [-0.15, -0.1) is 17.3 Å². The molecule has 1 saturated heterocycles. The van der Waals surface area contributed by atoms with Gasteiger partial charge in [0.05, 0.1) is 5.70 Å². The molecule has 0 aliphatic carbocycles. The number of nitrogens with one attached hydrogen (secondary N) is 2. The summed E-state index contributed by atoms with van der Waals surface area (Å²) in [6, 6.07) is 13.2. The van der Waals surface area contributed by atoms with E-state index in [2.05, 4.69) is 35.0 Å². The number of aliphatic imine (C=N–C) groups is 1. The van der Waals surface area contributed by atoms with Gasteiger partial charge in [0.1, 0.15) is 29.6 Å². The Morgan fingerprint density at radius 3 is 2.64 bits per heavy atom. The third-order valence-electron chi connectivity index (χ3n) is 7.18. The van der Waals surface area contributed by atoms with Crippen LogP contribution in [0.5, 0.6) is 0 Å². The fourth-order valence-corrected chi connectivity index (χ4v) is 5.29. The minimum absolute atomic E-state index is 0.104. The van der Waals surface area contributed by atoms with E-state index >= 15 is 0 Å². The summed E-state index contributed by atoms with van der Waals surface area (Å²) in [5.74, 6) is 0.321. The Morgan fingerprint density at radius 2 is 2.00 bits per heavy atom. The topological polar surface area (TPSA) is 95.2 Å². The molecule has 2 aromatic carbocycles. The number of nitrogens with zero attached hydrogens (tertiary/aromatic N) is 3. The monoisotopic (exact) mass is 534 g/mol. The van der Waals surface area contributed by atoms with E-state index in [1.54, 1.807) is 30.5 Å². The molecule has 1 fully saturated rings. The Balaban J connectivity index is 0.00000172. The van der Waals surface area contributed by atoms with Gasteiger partial charge in [0.15, 0.2) is 0 Å². The van der Waals surface area contributed by atoms with Crippen LogP contribution in [-0.4, -0.2) is 40.8 Å². The molecule has 10 heteroatoms. The summed E-state index contributed by atoms with van der Waals surface area (Å²) in [6.07, 6.45) is 13.0. The van der Waals surface area contributed by atoms with Gasteiger partial charge >= 0.3 is 0 Å². The molecule has 3 unspecified atom stereocenters. The Labute approximate surface area is 227 Å². The average molecular weight is 535 g/mol. The molecule has 3 heterocycles. The van der Waals surface area contributed by atoms with Crippen LogP contribution in [0.1, 0.15) is 49.0 Å². The summed E-state index contributed by atoms with van der Waals surface area (Å²) in [5, 5.41) is 3.63. The first-order chi connectivity index (χ1) is 19.0. The number of carbonyl (C=O) groups is 1. The van der Waals surface area contributed by atoms with Crippen LogP contribution in [0.3, 0.4) is 0 Å². The molecule has 5 rings (SSSR count). The third kappa shape index (κ3) is 5.79. The summed E-state index contributed by atoms with van der Waals surface area (Å²) in [4.78, 5) is 25.7. The van der Waals surface area contributed by atoms with Crippen LogP contribution < -0.4 is 16.8 Å². The number of fused-ring (bicyclic) bond motifs is 1. The molecule has 0 bridgehead atoms. The lowest BCUT2D eigenvalue weighted by Gasteiger charge is -2.34. The van der Waals surface area contributed by atoms with Crippen molar-refractivity contribution in [1.29, 1.82) is 0 Å². The number of halogens is 2. The number of carbonyl (C=O) groups excluding carboxylic acids is 1. The van der Waals surface area contributed by atoms with Crippen LogP contribution in [0, 0.1) is 24.6 Å². The van der Waals surface area contributed by atoms with Gasteiger partial charge < -0.3 is 20.9 Å². The number of terminal acetylenes is 1. The molecule has 3 aliphatic rings. The van der Waals surface area contributed by atoms with Crippen LogP contribution in [-0.2, 0) is 9.63 Å². The number of hydrogen-bond acceptors (Lipinski definition) is 7. The van der Waals surface area contributed by atoms with Crippen molar-refractivity contribution >= 4 is 17.4 Å². The van der Waals surface area contributed by atoms with Crippen LogP contribution >= 0.6 is 0 Å². The zero-order valence-corrected chi connectivity index (χ0v) is 21.7. The minimum Gasteiger partial charge on any atom is -0.382 e. The van der Waals surface area contributed by atoms with E-state index in [0.717, 1.165) is 36.3 Å². The predicted molar refractivity (Wildman–Crippen MR) is 146 cm³/mol. The Bertz CT molecular complexity index is 1290. The van der Waals surface area contributed by atoms with Crippen LogP contribution in [0.15, 0.2) is 71.6 Å². The van der Waals surface area contributed by atoms with E-state index in [0.29, 0.717) is 29.9 Å². The van der Waals surface area contributed by atoms with Crippen molar-refractivity contribution in [3.8, 4) is 12.8 Å². The zero-order chi connectivity index (χ0) is 27.9. The molecule has 39 heavy (non-hydrogen) atoms. The second kappa shape index (κ2) is 12.6. The molecule has 0 aromatic heterocycles. The molecule has 0 saturated carbocycles. The van der Waals surface area contributed by atoms with Crippen molar-refractivity contribution < 1.29 is 18.5 Å². The van der Waals surface area contributed by atoms with Gasteiger partial charge in [0.25, 0.3) is 0 Å². The molecule has 0 radical (unpaired) electrons. The summed E-state index contributed by atoms with van der Waals surface area (Å²) >= 11 is 0. The van der Waals surface area contributed by atoms with E-state index in [-0.39, 0.29) is 18.0 Å². The molecule has 8 nitrogen and oxygen atoms in total. The lowest BCUT2D eigenvalue weighted by molar-refractivity contribution is -0.128. The lowest BCUT2D eigenvalue weighted by Crippen LogP contribution is -2.47. The maximum atomic E-state index is 13.8. The van der Waals surface area contributed by atoms with Crippen LogP contribution in [0.25, 0.3) is 5.70 Å². The number of likely N-dealkylation sites (tertiary alicyclic amines) is 1. The summed E-state index contributed by atoms with van der Waals surface area (Å²) in [7, 11) is 0. The highest BCUT2D eigenvalue weighted by atomic mass is 19.2. The Kier molecular flexibility index (Phi) is 8.96. The van der Waals surface area contributed by atoms with Gasteiger partial charge in [0.2, 0.25) is 5.91 Å². The molecule has 4 N–H and O–H groups in total. The highest BCUT2D eigenvalue weighted by molar-refractivity contribution is 6.05. The van der Waals surface area contributed by atoms with E-state index < -0.39 is 11.9 Å². The summed E-state index contributed by atoms with van der Waals surface area (Å²) in [6.45, 7) is 3.57. The first-order valence-electron chi connectivity index (χ1n) is 12.8. The van der Waals surface area contributed by atoms with Crippen LogP contribution in [0.2, 0.25) is 0 Å². The molecule has 2 aromatic rings. The predicted octanol–water partition coefficient (Wildman–Crippen LogP) is 3.96. The number of hydrogen-bond donors (Lipinski definition) is 3. The van der Waals surface area contributed by atoms with Gasteiger partial charge in [-0.25, -0.2) is 9.38 Å². The van der Waals surface area contributed by atoms with Crippen molar-refractivity contribution in [3.63, 3.8) is 0 Å². The number of nitrogens with two attached hydrogens (primary N) is 1. The number of amidine groups is 1. The average Bonchev–Trinajstić information content (AvgIpc) is 3.55. The number of rotatable bonds is 9. The van der Waals surface area contributed by atoms with Crippen LogP contribution in [0.4, 0.5) is 8.87 Å². The van der Waals surface area contributed by atoms with E-state index in [4.69, 9.17) is 10.6 Å². The second-order valence-electron chi connectivity index (χ2n) is 9.40. The van der Waals surface area contributed by atoms with E-state index in [1.165, 1.54) is 17.8 Å². The maximum absolute atomic E-state index is 13.8. The molecular formula is C29H32F2N6O2. The fourth-order valence-electron chi connectivity index (χ4n) is 5.29. The lowest BCUT2D eigenvalue weighted by atomic mass is 9.99. The van der Waals surface area contributed by atoms with E-state index in [9.17, 15) is 13.7 Å². The van der Waals surface area contributed by atoms with Gasteiger partial charge in [0, 0.05) is 37.8 Å². The van der Waals surface area contributed by atoms with Gasteiger partial charge in [-0.2, -0.15) is 0 Å². The molecule has 0 spiro atoms. The standard InChI is InChI=1S/C27H30F2N6O2.C2H2/c1-2-17(16-34-13-4-7-22(34)36)27-32-23(24-26(30)31-12-14-35(24)27)18-8-10-19(11-9-18)25(37-33-29)20-5-3-6-21(28)15-20;1-2/h3,5-6,8-12,14-15,17,25,27,32-33H,2,4,7,13,16H2,1H3,(H2,30,31);1-2H. The first kappa shape index (κ1) is 27.8. The van der Waals surface area contributed by atoms with Crippen molar-refractivity contribution in [1.82, 2.24) is 20.8 Å². The highest BCUT2D eigenvalue weighted by Gasteiger charge is 2.39. The van der Waals surface area contributed by atoms with E-state index in [1.807, 2.05) is 23.2 Å². The SMILES string of the molecule is C#C.CCC(CN1CCCC1=O)C1NC(c2ccc(C(ONF)c3cccc(F)c3)cc2)=C2C(N)=NC=CN21. The maximum Gasteiger partial charge on any atom is 0.222 e. The Hall–Kier alpha value is -4.20. The zero-order valence-electron chi connectivity index (χ0n) is 21.7. The molecule has 1 amide bonds. The number of amides is 1. The minimum atomic E-state index is -0.847. The van der Waals surface area contributed by atoms with Crippen molar-refractivity contribution in [2.45, 2.75) is 38.5 Å². The number of benzene rings is 2.